The van der Waals surface area contributed by atoms with Gasteiger partial charge in [-0.3, -0.25) is 10.2 Å². The first kappa shape index (κ1) is 39.9. The molecule has 39 heavy (non-hydrogen) atoms. The van der Waals surface area contributed by atoms with Gasteiger partial charge in [0.15, 0.2) is 11.9 Å². The molecular formula is C21H31Cl6N2O9Y-. The number of amides is 1. The average molecular weight is 757 g/mol. The first-order chi connectivity index (χ1) is 17.4. The zero-order chi connectivity index (χ0) is 29.5. The zero-order valence-corrected chi connectivity index (χ0v) is 28.9. The molecule has 6 atom stereocenters. The summed E-state index contributed by atoms with van der Waals surface area (Å²) in [4.78, 5) is 25.2. The molecule has 11 nitrogen and oxygen atoms in total. The van der Waals surface area contributed by atoms with E-state index < -0.39 is 74.7 Å². The summed E-state index contributed by atoms with van der Waals surface area (Å²) in [6.45, 7) is 9.28. The molecule has 0 aliphatic carbocycles. The molecule has 5 unspecified atom stereocenters. The summed E-state index contributed by atoms with van der Waals surface area (Å²) in [5.74, 6) is -2.77. The summed E-state index contributed by atoms with van der Waals surface area (Å²) in [7, 11) is 0. The number of rotatable bonds is 7. The van der Waals surface area contributed by atoms with Crippen molar-refractivity contribution in [2.75, 3.05) is 13.2 Å². The summed E-state index contributed by atoms with van der Waals surface area (Å²) in [6.07, 6.45) is -6.84. The van der Waals surface area contributed by atoms with E-state index in [1.54, 1.807) is 27.7 Å². The van der Waals surface area contributed by atoms with Crippen LogP contribution in [0, 0.1) is 12.3 Å². The van der Waals surface area contributed by atoms with Crippen LogP contribution >= 0.6 is 69.6 Å². The summed E-state index contributed by atoms with van der Waals surface area (Å²) in [5.41, 5.74) is 0. The first-order valence-corrected chi connectivity index (χ1v) is 13.6. The average Bonchev–Trinajstić information content (AvgIpc) is 2.79. The van der Waals surface area contributed by atoms with Crippen LogP contribution in [0.3, 0.4) is 0 Å². The smallest absolute Gasteiger partial charge is 0.407 e. The number of alkyl halides is 6. The van der Waals surface area contributed by atoms with Crippen LogP contribution in [0.15, 0.2) is 0 Å². The number of aliphatic hydroxyl groups is 1. The Balaban J connectivity index is 0.00000470. The minimum atomic E-state index is -2.28. The number of carbonyl (C=O) groups is 2. The number of aliphatic hydroxyl groups excluding tert-OH is 1. The summed E-state index contributed by atoms with van der Waals surface area (Å²) >= 11 is 34.1. The SMILES string of the molecule is CC[C@@H](O)CC(=O)OC1C(NC(=O)OCC(Cl)(Cl)Cl)C(OC(=N)C(Cl)(Cl)Cl)OC2COC(C)(C)OC21.[CH2-]C.[Y]. The minimum absolute atomic E-state index is 0. The number of ether oxygens (including phenoxy) is 6. The molecule has 0 saturated carbocycles. The van der Waals surface area contributed by atoms with Crippen LogP contribution < -0.4 is 5.32 Å². The maximum absolute atomic E-state index is 12.6. The van der Waals surface area contributed by atoms with Crippen LogP contribution in [-0.4, -0.2) is 86.4 Å². The standard InChI is InChI=1S/C19H26Cl6N2O9.C2H5.Y/c1-4-8(28)5-10(29)34-13-11(27-16(30)31-7-18(20,21)22)14(35-15(26)19(23,24)25)33-9-6-32-17(2,3)36-12(9)13;1-2;/h8-9,11-14,26,28H,4-7H2,1-3H3,(H,27,30);1H2,2H3;/q;-1;/t8-,9?,11?,12?,13?,14?;;/m1../s1. The van der Waals surface area contributed by atoms with Crippen LogP contribution in [0.5, 0.6) is 0 Å². The fourth-order valence-corrected chi connectivity index (χ4v) is 3.56. The van der Waals surface area contributed by atoms with E-state index in [0.717, 1.165) is 0 Å². The van der Waals surface area contributed by atoms with E-state index in [4.69, 9.17) is 103 Å². The van der Waals surface area contributed by atoms with Gasteiger partial charge in [-0.25, -0.2) is 4.79 Å². The third-order valence-corrected chi connectivity index (χ3v) is 5.79. The molecule has 3 N–H and O–H groups in total. The summed E-state index contributed by atoms with van der Waals surface area (Å²) < 4.78 is 29.1. The van der Waals surface area contributed by atoms with Gasteiger partial charge in [-0.1, -0.05) is 76.5 Å². The normalized spacial score (nSPS) is 26.8. The fourth-order valence-electron chi connectivity index (χ4n) is 3.26. The molecule has 1 amide bonds. The van der Waals surface area contributed by atoms with Crippen LogP contribution in [0.4, 0.5) is 4.79 Å². The molecule has 225 valence electrons. The van der Waals surface area contributed by atoms with Crippen molar-refractivity contribution in [3.63, 3.8) is 0 Å². The van der Waals surface area contributed by atoms with Gasteiger partial charge in [0, 0.05) is 32.7 Å². The fraction of sp³-hybridized carbons (Fsp3) is 0.810. The quantitative estimate of drug-likeness (QED) is 0.112. The number of esters is 1. The van der Waals surface area contributed by atoms with E-state index >= 15 is 0 Å². The molecule has 2 heterocycles. The Bertz CT molecular complexity index is 816. The number of nitrogens with one attached hydrogen (secondary N) is 2. The molecule has 0 aromatic rings. The van der Waals surface area contributed by atoms with Crippen molar-refractivity contribution in [1.29, 1.82) is 5.41 Å². The van der Waals surface area contributed by atoms with Crippen LogP contribution in [0.2, 0.25) is 0 Å². The van der Waals surface area contributed by atoms with Crippen molar-refractivity contribution < 1.29 is 75.8 Å². The van der Waals surface area contributed by atoms with Gasteiger partial charge in [0.2, 0.25) is 16.0 Å². The zero-order valence-electron chi connectivity index (χ0n) is 21.6. The van der Waals surface area contributed by atoms with Gasteiger partial charge >= 0.3 is 12.1 Å². The molecule has 0 aromatic heterocycles. The molecule has 2 saturated heterocycles. The van der Waals surface area contributed by atoms with E-state index in [-0.39, 0.29) is 45.7 Å². The number of hydrogen-bond donors (Lipinski definition) is 3. The monoisotopic (exact) mass is 754 g/mol. The van der Waals surface area contributed by atoms with Gasteiger partial charge in [-0.15, -0.1) is 0 Å². The second-order valence-electron chi connectivity index (χ2n) is 8.36. The van der Waals surface area contributed by atoms with Crippen LogP contribution in [-0.2, 0) is 65.9 Å². The van der Waals surface area contributed by atoms with Crippen LogP contribution in [0.1, 0.15) is 40.5 Å². The van der Waals surface area contributed by atoms with Gasteiger partial charge in [0.05, 0.1) is 19.1 Å². The molecule has 18 heteroatoms. The predicted molar refractivity (Wildman–Crippen MR) is 143 cm³/mol. The van der Waals surface area contributed by atoms with Crippen LogP contribution in [0.25, 0.3) is 0 Å². The minimum Gasteiger partial charge on any atom is -0.457 e. The molecule has 1 radical (unpaired) electrons. The Morgan fingerprint density at radius 2 is 1.77 bits per heavy atom. The Morgan fingerprint density at radius 3 is 2.28 bits per heavy atom. The number of carbonyl (C=O) groups excluding carboxylic acids is 2. The molecule has 2 rings (SSSR count). The van der Waals surface area contributed by atoms with Gasteiger partial charge in [0.1, 0.15) is 24.9 Å². The third kappa shape index (κ3) is 13.8. The second kappa shape index (κ2) is 17.3. The Hall–Kier alpha value is 0.894. The maximum Gasteiger partial charge on any atom is 0.407 e. The van der Waals surface area contributed by atoms with Gasteiger partial charge in [-0.2, -0.15) is 6.92 Å². The first-order valence-electron chi connectivity index (χ1n) is 11.3. The number of hydrogen-bond acceptors (Lipinski definition) is 10. The molecule has 0 spiro atoms. The van der Waals surface area contributed by atoms with Gasteiger partial charge in [0.25, 0.3) is 3.79 Å². The van der Waals surface area contributed by atoms with E-state index in [2.05, 4.69) is 12.2 Å². The third-order valence-electron chi connectivity index (χ3n) is 4.95. The van der Waals surface area contributed by atoms with Crippen molar-refractivity contribution in [1.82, 2.24) is 5.32 Å². The van der Waals surface area contributed by atoms with Crippen molar-refractivity contribution in [3.05, 3.63) is 6.92 Å². The molecule has 0 aromatic carbocycles. The molecular weight excluding hydrogens is 726 g/mol. The topological polar surface area (TPSA) is 146 Å². The Labute approximate surface area is 282 Å². The number of alkyl carbamates (subject to hydrolysis) is 1. The van der Waals surface area contributed by atoms with E-state index in [1.165, 1.54) is 0 Å². The summed E-state index contributed by atoms with van der Waals surface area (Å²) in [5, 5.41) is 20.2. The van der Waals surface area contributed by atoms with Crippen molar-refractivity contribution in [3.8, 4) is 0 Å². The van der Waals surface area contributed by atoms with E-state index in [0.29, 0.717) is 6.42 Å². The molecule has 0 bridgehead atoms. The summed E-state index contributed by atoms with van der Waals surface area (Å²) in [6, 6.07) is -1.38. The molecule has 2 aliphatic heterocycles. The Kier molecular flexibility index (Phi) is 17.6. The van der Waals surface area contributed by atoms with E-state index in [9.17, 15) is 14.7 Å². The van der Waals surface area contributed by atoms with Crippen molar-refractivity contribution >= 4 is 87.6 Å². The predicted octanol–water partition coefficient (Wildman–Crippen LogP) is 4.60. The maximum atomic E-state index is 12.6. The second-order valence-corrected chi connectivity index (χ2v) is 13.2. The van der Waals surface area contributed by atoms with Gasteiger partial charge < -0.3 is 45.8 Å². The largest absolute Gasteiger partial charge is 0.457 e. The number of halogens is 6. The van der Waals surface area contributed by atoms with Crippen molar-refractivity contribution in [2.45, 2.75) is 90.7 Å². The van der Waals surface area contributed by atoms with E-state index in [1.807, 2.05) is 0 Å². The van der Waals surface area contributed by atoms with Gasteiger partial charge in [-0.05, 0) is 20.3 Å². The number of fused-ring (bicyclic) bond motifs is 1. The van der Waals surface area contributed by atoms with Crippen molar-refractivity contribution in [2.24, 2.45) is 0 Å². The molecule has 2 fully saturated rings. The Morgan fingerprint density at radius 1 is 1.18 bits per heavy atom. The molecule has 2 aliphatic rings.